The van der Waals surface area contributed by atoms with E-state index in [4.69, 9.17) is 5.11 Å². The number of carbonyl (C=O) groups is 2. The number of hydrogen-bond acceptors (Lipinski definition) is 3. The summed E-state index contributed by atoms with van der Waals surface area (Å²) in [5, 5.41) is 10.7. The molecular formula is C9H9IN2O4. The number of aliphatic carboxylic acids is 1. The molecule has 1 aromatic carbocycles. The maximum Gasteiger partial charge on any atom is 0.343 e. The molecule has 1 aromatic rings. The summed E-state index contributed by atoms with van der Waals surface area (Å²) in [6.45, 7) is -0.583. The maximum absolute atomic E-state index is 11.1. The van der Waals surface area contributed by atoms with Crippen molar-refractivity contribution < 1.29 is 19.5 Å². The van der Waals surface area contributed by atoms with E-state index in [0.29, 0.717) is 5.69 Å². The molecule has 2 amide bonds. The zero-order chi connectivity index (χ0) is 12.0. The van der Waals surface area contributed by atoms with E-state index in [1.54, 1.807) is 12.1 Å². The van der Waals surface area contributed by atoms with Crippen LogP contribution in [-0.4, -0.2) is 23.7 Å². The molecule has 86 valence electrons. The average Bonchev–Trinajstić information content (AvgIpc) is 2.21. The molecule has 0 aliphatic carbocycles. The Morgan fingerprint density at radius 3 is 2.50 bits per heavy atom. The monoisotopic (exact) mass is 336 g/mol. The molecule has 0 bridgehead atoms. The van der Waals surface area contributed by atoms with Crippen molar-refractivity contribution in [1.82, 2.24) is 5.48 Å². The van der Waals surface area contributed by atoms with Gasteiger partial charge in [0.1, 0.15) is 0 Å². The summed E-state index contributed by atoms with van der Waals surface area (Å²) in [6, 6.07) is 6.47. The van der Waals surface area contributed by atoms with E-state index in [0.717, 1.165) is 3.57 Å². The largest absolute Gasteiger partial charge is 0.479 e. The highest BCUT2D eigenvalue weighted by Crippen LogP contribution is 2.10. The van der Waals surface area contributed by atoms with Gasteiger partial charge in [-0.2, -0.15) is 0 Å². The molecule has 1 rings (SSSR count). The third-order valence-electron chi connectivity index (χ3n) is 1.46. The highest BCUT2D eigenvalue weighted by Gasteiger charge is 2.02. The van der Waals surface area contributed by atoms with Gasteiger partial charge in [0.25, 0.3) is 0 Å². The van der Waals surface area contributed by atoms with Crippen molar-refractivity contribution in [3.63, 3.8) is 0 Å². The summed E-state index contributed by atoms with van der Waals surface area (Å²) >= 11 is 2.14. The van der Waals surface area contributed by atoms with E-state index < -0.39 is 18.6 Å². The minimum absolute atomic E-state index is 0.583. The van der Waals surface area contributed by atoms with Crippen LogP contribution in [0.15, 0.2) is 24.3 Å². The normalized spacial score (nSPS) is 9.56. The fourth-order valence-electron chi connectivity index (χ4n) is 0.853. The van der Waals surface area contributed by atoms with E-state index >= 15 is 0 Å². The fourth-order valence-corrected chi connectivity index (χ4v) is 1.21. The van der Waals surface area contributed by atoms with Gasteiger partial charge in [-0.1, -0.05) is 0 Å². The Bertz CT molecular complexity index is 380. The first-order valence-corrected chi connectivity index (χ1v) is 5.32. The van der Waals surface area contributed by atoms with Gasteiger partial charge in [-0.05, 0) is 46.9 Å². The number of carboxylic acid groups (broad SMARTS) is 1. The van der Waals surface area contributed by atoms with Crippen LogP contribution < -0.4 is 10.8 Å². The number of benzene rings is 1. The Morgan fingerprint density at radius 2 is 1.94 bits per heavy atom. The van der Waals surface area contributed by atoms with Crippen molar-refractivity contribution in [2.75, 3.05) is 11.9 Å². The topological polar surface area (TPSA) is 87.7 Å². The molecule has 0 atom stereocenters. The molecule has 0 radical (unpaired) electrons. The zero-order valence-electron chi connectivity index (χ0n) is 8.07. The van der Waals surface area contributed by atoms with Gasteiger partial charge in [0.2, 0.25) is 0 Å². The molecule has 0 aromatic heterocycles. The zero-order valence-corrected chi connectivity index (χ0v) is 10.2. The van der Waals surface area contributed by atoms with E-state index in [1.165, 1.54) is 0 Å². The Morgan fingerprint density at radius 1 is 1.31 bits per heavy atom. The molecule has 0 saturated carbocycles. The first-order valence-electron chi connectivity index (χ1n) is 4.24. The van der Waals surface area contributed by atoms with Crippen molar-refractivity contribution in [3.8, 4) is 0 Å². The van der Waals surface area contributed by atoms with Gasteiger partial charge < -0.3 is 10.4 Å². The predicted octanol–water partition coefficient (Wildman–Crippen LogP) is 1.43. The molecule has 3 N–H and O–H groups in total. The van der Waals surface area contributed by atoms with Crippen LogP contribution in [0.5, 0.6) is 0 Å². The van der Waals surface area contributed by atoms with Crippen LogP contribution in [0.4, 0.5) is 10.5 Å². The van der Waals surface area contributed by atoms with Crippen LogP contribution in [0.3, 0.4) is 0 Å². The maximum atomic E-state index is 11.1. The molecule has 0 heterocycles. The second kappa shape index (κ2) is 6.28. The molecule has 7 heteroatoms. The van der Waals surface area contributed by atoms with Crippen molar-refractivity contribution in [1.29, 1.82) is 0 Å². The van der Waals surface area contributed by atoms with Crippen molar-refractivity contribution >= 4 is 40.3 Å². The number of halogens is 1. The van der Waals surface area contributed by atoms with Crippen molar-refractivity contribution in [2.24, 2.45) is 0 Å². The van der Waals surface area contributed by atoms with E-state index in [1.807, 2.05) is 17.6 Å². The summed E-state index contributed by atoms with van der Waals surface area (Å²) in [7, 11) is 0. The summed E-state index contributed by atoms with van der Waals surface area (Å²) in [5.74, 6) is -1.16. The summed E-state index contributed by atoms with van der Waals surface area (Å²) in [4.78, 5) is 25.6. The molecule has 0 spiro atoms. The molecule has 0 unspecified atom stereocenters. The molecule has 0 aliphatic heterocycles. The third-order valence-corrected chi connectivity index (χ3v) is 2.18. The summed E-state index contributed by atoms with van der Waals surface area (Å²) < 4.78 is 1.05. The number of rotatable bonds is 4. The lowest BCUT2D eigenvalue weighted by atomic mass is 10.3. The quantitative estimate of drug-likeness (QED) is 0.573. The molecule has 0 aliphatic rings. The minimum Gasteiger partial charge on any atom is -0.479 e. The first kappa shape index (κ1) is 12.7. The highest BCUT2D eigenvalue weighted by molar-refractivity contribution is 14.1. The molecule has 16 heavy (non-hydrogen) atoms. The van der Waals surface area contributed by atoms with E-state index in [9.17, 15) is 9.59 Å². The number of nitrogens with one attached hydrogen (secondary N) is 2. The van der Waals surface area contributed by atoms with Gasteiger partial charge in [0, 0.05) is 9.26 Å². The molecule has 0 fully saturated rings. The average molecular weight is 336 g/mol. The number of anilines is 1. The minimum atomic E-state index is -1.16. The van der Waals surface area contributed by atoms with Crippen LogP contribution in [0.2, 0.25) is 0 Å². The lowest BCUT2D eigenvalue weighted by Crippen LogP contribution is -2.30. The Hall–Kier alpha value is -1.35. The van der Waals surface area contributed by atoms with E-state index in [2.05, 4.69) is 32.7 Å². The van der Waals surface area contributed by atoms with Crippen LogP contribution in [0.1, 0.15) is 0 Å². The standard InChI is InChI=1S/C9H9IN2O4/c10-6-1-3-7(4-2-6)11-9(15)12-16-5-8(13)14/h1-4H,5H2,(H,13,14)(H2,11,12,15). The number of urea groups is 1. The second-order valence-corrected chi connectivity index (χ2v) is 3.99. The smallest absolute Gasteiger partial charge is 0.343 e. The van der Waals surface area contributed by atoms with Crippen molar-refractivity contribution in [2.45, 2.75) is 0 Å². The van der Waals surface area contributed by atoms with E-state index in [-0.39, 0.29) is 0 Å². The van der Waals surface area contributed by atoms with Crippen LogP contribution in [0.25, 0.3) is 0 Å². The van der Waals surface area contributed by atoms with Crippen molar-refractivity contribution in [3.05, 3.63) is 27.8 Å². The predicted molar refractivity (Wildman–Crippen MR) is 64.9 cm³/mol. The lowest BCUT2D eigenvalue weighted by Gasteiger charge is -2.06. The van der Waals surface area contributed by atoms with Gasteiger partial charge in [-0.3, -0.25) is 4.84 Å². The van der Waals surface area contributed by atoms with Crippen LogP contribution >= 0.6 is 22.6 Å². The fraction of sp³-hybridized carbons (Fsp3) is 0.111. The highest BCUT2D eigenvalue weighted by atomic mass is 127. The number of hydroxylamine groups is 1. The van der Waals surface area contributed by atoms with Crippen LogP contribution in [-0.2, 0) is 9.63 Å². The number of hydrogen-bond donors (Lipinski definition) is 3. The summed E-state index contributed by atoms with van der Waals surface area (Å²) in [6.07, 6.45) is 0. The van der Waals surface area contributed by atoms with Gasteiger partial charge in [0.15, 0.2) is 6.61 Å². The van der Waals surface area contributed by atoms with Crippen LogP contribution in [0, 0.1) is 3.57 Å². The number of amides is 2. The third kappa shape index (κ3) is 4.94. The molecule has 0 saturated heterocycles. The Balaban J connectivity index is 2.34. The van der Waals surface area contributed by atoms with Gasteiger partial charge in [-0.15, -0.1) is 0 Å². The lowest BCUT2D eigenvalue weighted by molar-refractivity contribution is -0.143. The Kier molecular flexibility index (Phi) is 4.99. The summed E-state index contributed by atoms with van der Waals surface area (Å²) in [5.41, 5.74) is 2.54. The second-order valence-electron chi connectivity index (χ2n) is 2.75. The number of carbonyl (C=O) groups excluding carboxylic acids is 1. The number of carboxylic acids is 1. The molecular weight excluding hydrogens is 327 g/mol. The van der Waals surface area contributed by atoms with Gasteiger partial charge in [-0.25, -0.2) is 15.1 Å². The van der Waals surface area contributed by atoms with Gasteiger partial charge in [0.05, 0.1) is 0 Å². The Labute approximate surface area is 105 Å². The SMILES string of the molecule is O=C(O)CONC(=O)Nc1ccc(I)cc1. The first-order chi connectivity index (χ1) is 7.58. The molecule has 6 nitrogen and oxygen atoms in total. The van der Waals surface area contributed by atoms with Gasteiger partial charge >= 0.3 is 12.0 Å².